The molecule has 3 aromatic rings. The first kappa shape index (κ1) is 16.5. The second-order valence-electron chi connectivity index (χ2n) is 6.32. The van der Waals surface area contributed by atoms with Gasteiger partial charge >= 0.3 is 0 Å². The minimum absolute atomic E-state index is 0.0893. The normalized spacial score (nSPS) is 16.3. The Hall–Kier alpha value is -2.93. The van der Waals surface area contributed by atoms with E-state index in [0.717, 1.165) is 46.7 Å². The third-order valence-electron chi connectivity index (χ3n) is 4.49. The first-order valence-corrected chi connectivity index (χ1v) is 8.75. The summed E-state index contributed by atoms with van der Waals surface area (Å²) >= 11 is 0. The Morgan fingerprint density at radius 2 is 2.27 bits per heavy atom. The molecule has 0 saturated carbocycles. The number of benzene rings is 1. The fourth-order valence-electron chi connectivity index (χ4n) is 3.21. The van der Waals surface area contributed by atoms with Crippen molar-refractivity contribution in [2.45, 2.75) is 19.4 Å². The van der Waals surface area contributed by atoms with Crippen LogP contribution < -0.4 is 15.4 Å². The van der Waals surface area contributed by atoms with E-state index in [-0.39, 0.29) is 5.91 Å². The predicted octanol–water partition coefficient (Wildman–Crippen LogP) is 1.65. The summed E-state index contributed by atoms with van der Waals surface area (Å²) in [7, 11) is 0. The van der Waals surface area contributed by atoms with E-state index < -0.39 is 6.04 Å². The van der Waals surface area contributed by atoms with Crippen LogP contribution >= 0.6 is 0 Å². The Bertz CT molecular complexity index is 937. The van der Waals surface area contributed by atoms with Crippen LogP contribution in [0.15, 0.2) is 36.7 Å². The maximum Gasteiger partial charge on any atom is 0.243 e. The van der Waals surface area contributed by atoms with Crippen molar-refractivity contribution in [2.24, 2.45) is 0 Å². The van der Waals surface area contributed by atoms with E-state index in [1.807, 2.05) is 37.3 Å². The Labute approximate surface area is 151 Å². The van der Waals surface area contributed by atoms with Crippen molar-refractivity contribution in [3.63, 3.8) is 0 Å². The van der Waals surface area contributed by atoms with Gasteiger partial charge in [-0.1, -0.05) is 18.2 Å². The number of aryl methyl sites for hydroxylation is 1. The number of ether oxygens (including phenoxy) is 1. The third kappa shape index (κ3) is 3.25. The molecular weight excluding hydrogens is 330 g/mol. The standard InChI is InChI=1S/C19H21N5O2/c1-12-5-6-13-3-2-4-15(16(13)24-12)26-10-9-21-19(25)18-17-14(7-8-20-18)22-11-23-17/h2-6,11,18,20H,7-10H2,1H3,(H,21,25)(H,22,23)/t18-/m0/s1. The number of amides is 1. The van der Waals surface area contributed by atoms with E-state index >= 15 is 0 Å². The Kier molecular flexibility index (Phi) is 4.53. The van der Waals surface area contributed by atoms with Gasteiger partial charge in [0.25, 0.3) is 0 Å². The van der Waals surface area contributed by atoms with Crippen LogP contribution in [-0.2, 0) is 11.2 Å². The maximum atomic E-state index is 12.4. The van der Waals surface area contributed by atoms with Crippen molar-refractivity contribution in [1.82, 2.24) is 25.6 Å². The molecule has 7 nitrogen and oxygen atoms in total. The molecule has 0 aliphatic carbocycles. The summed E-state index contributed by atoms with van der Waals surface area (Å²) in [5, 5.41) is 7.15. The molecule has 1 aliphatic rings. The summed E-state index contributed by atoms with van der Waals surface area (Å²) in [6.45, 7) is 3.50. The summed E-state index contributed by atoms with van der Waals surface area (Å²) in [6, 6.07) is 9.45. The number of para-hydroxylation sites is 1. The average molecular weight is 351 g/mol. The van der Waals surface area contributed by atoms with Crippen LogP contribution in [0.5, 0.6) is 5.75 Å². The van der Waals surface area contributed by atoms with Gasteiger partial charge in [0.15, 0.2) is 0 Å². The van der Waals surface area contributed by atoms with Gasteiger partial charge in [-0.2, -0.15) is 0 Å². The maximum absolute atomic E-state index is 12.4. The number of carbonyl (C=O) groups excluding carboxylic acids is 1. The zero-order chi connectivity index (χ0) is 17.9. The van der Waals surface area contributed by atoms with E-state index in [0.29, 0.717) is 13.2 Å². The van der Waals surface area contributed by atoms with Crippen molar-refractivity contribution in [2.75, 3.05) is 19.7 Å². The van der Waals surface area contributed by atoms with E-state index in [2.05, 4.69) is 25.6 Å². The molecule has 0 fully saturated rings. The zero-order valence-electron chi connectivity index (χ0n) is 14.6. The average Bonchev–Trinajstić information content (AvgIpc) is 3.14. The van der Waals surface area contributed by atoms with Gasteiger partial charge in [-0.25, -0.2) is 9.97 Å². The third-order valence-corrected chi connectivity index (χ3v) is 4.49. The van der Waals surface area contributed by atoms with Crippen LogP contribution in [0.2, 0.25) is 0 Å². The summed E-state index contributed by atoms with van der Waals surface area (Å²) in [6.07, 6.45) is 2.49. The molecule has 1 aromatic carbocycles. The van der Waals surface area contributed by atoms with Crippen LogP contribution in [-0.4, -0.2) is 40.6 Å². The lowest BCUT2D eigenvalue weighted by Gasteiger charge is -2.22. The van der Waals surface area contributed by atoms with Crippen LogP contribution in [0, 0.1) is 6.92 Å². The first-order valence-electron chi connectivity index (χ1n) is 8.75. The van der Waals surface area contributed by atoms with E-state index in [1.165, 1.54) is 0 Å². The molecule has 0 saturated heterocycles. The highest BCUT2D eigenvalue weighted by atomic mass is 16.5. The summed E-state index contributed by atoms with van der Waals surface area (Å²) in [4.78, 5) is 24.3. The molecule has 26 heavy (non-hydrogen) atoms. The Morgan fingerprint density at radius 1 is 1.35 bits per heavy atom. The number of imidazole rings is 1. The minimum Gasteiger partial charge on any atom is -0.489 e. The largest absolute Gasteiger partial charge is 0.489 e. The number of carbonyl (C=O) groups is 1. The van der Waals surface area contributed by atoms with Crippen LogP contribution in [0.25, 0.3) is 10.9 Å². The van der Waals surface area contributed by atoms with Crippen molar-refractivity contribution >= 4 is 16.8 Å². The summed E-state index contributed by atoms with van der Waals surface area (Å²) in [5.41, 5.74) is 3.59. The highest BCUT2D eigenvalue weighted by Crippen LogP contribution is 2.24. The van der Waals surface area contributed by atoms with Crippen LogP contribution in [0.3, 0.4) is 0 Å². The molecule has 4 rings (SSSR count). The SMILES string of the molecule is Cc1ccc2cccc(OCCNC(=O)[C@H]3NCCc4[nH]cnc43)c2n1. The number of aromatic amines is 1. The molecule has 7 heteroatoms. The highest BCUT2D eigenvalue weighted by Gasteiger charge is 2.27. The number of pyridine rings is 1. The van der Waals surface area contributed by atoms with Crippen LogP contribution in [0.4, 0.5) is 0 Å². The predicted molar refractivity (Wildman–Crippen MR) is 98.0 cm³/mol. The summed E-state index contributed by atoms with van der Waals surface area (Å²) < 4.78 is 5.85. The fraction of sp³-hybridized carbons (Fsp3) is 0.316. The highest BCUT2D eigenvalue weighted by molar-refractivity contribution is 5.84. The Balaban J connectivity index is 1.35. The molecular formula is C19H21N5O2. The van der Waals surface area contributed by atoms with E-state index in [1.54, 1.807) is 6.33 Å². The smallest absolute Gasteiger partial charge is 0.243 e. The molecule has 0 radical (unpaired) electrons. The van der Waals surface area contributed by atoms with Gasteiger partial charge in [-0.3, -0.25) is 4.79 Å². The molecule has 0 spiro atoms. The monoisotopic (exact) mass is 351 g/mol. The molecule has 0 bridgehead atoms. The molecule has 3 heterocycles. The lowest BCUT2D eigenvalue weighted by molar-refractivity contribution is -0.123. The van der Waals surface area contributed by atoms with Crippen molar-refractivity contribution in [3.05, 3.63) is 53.7 Å². The Morgan fingerprint density at radius 3 is 3.19 bits per heavy atom. The number of H-pyrrole nitrogens is 1. The second-order valence-corrected chi connectivity index (χ2v) is 6.32. The first-order chi connectivity index (χ1) is 12.7. The van der Waals surface area contributed by atoms with Gasteiger partial charge in [0.2, 0.25) is 5.91 Å². The van der Waals surface area contributed by atoms with Gasteiger partial charge in [0, 0.05) is 29.7 Å². The quantitative estimate of drug-likeness (QED) is 0.608. The zero-order valence-corrected chi connectivity index (χ0v) is 14.6. The van der Waals surface area contributed by atoms with Gasteiger partial charge < -0.3 is 20.4 Å². The molecule has 3 N–H and O–H groups in total. The van der Waals surface area contributed by atoms with Crippen LogP contribution in [0.1, 0.15) is 23.1 Å². The number of nitrogens with one attached hydrogen (secondary N) is 3. The number of hydrogen-bond donors (Lipinski definition) is 3. The lowest BCUT2D eigenvalue weighted by atomic mass is 10.1. The number of nitrogens with zero attached hydrogens (tertiary/aromatic N) is 2. The van der Waals surface area contributed by atoms with Crippen molar-refractivity contribution in [1.29, 1.82) is 0 Å². The molecule has 0 unspecified atom stereocenters. The number of fused-ring (bicyclic) bond motifs is 2. The van der Waals surface area contributed by atoms with Gasteiger partial charge in [0.05, 0.1) is 18.6 Å². The fourth-order valence-corrected chi connectivity index (χ4v) is 3.21. The summed E-state index contributed by atoms with van der Waals surface area (Å²) in [5.74, 6) is 0.638. The van der Waals surface area contributed by atoms with Gasteiger partial charge in [-0.15, -0.1) is 0 Å². The molecule has 134 valence electrons. The molecule has 2 aromatic heterocycles. The molecule has 1 aliphatic heterocycles. The van der Waals surface area contributed by atoms with Crippen molar-refractivity contribution in [3.8, 4) is 5.75 Å². The topological polar surface area (TPSA) is 91.9 Å². The molecule has 1 amide bonds. The van der Waals surface area contributed by atoms with Crippen molar-refractivity contribution < 1.29 is 9.53 Å². The van der Waals surface area contributed by atoms with E-state index in [4.69, 9.17) is 4.74 Å². The lowest BCUT2D eigenvalue weighted by Crippen LogP contribution is -2.42. The number of rotatable bonds is 5. The van der Waals surface area contributed by atoms with Gasteiger partial charge in [0.1, 0.15) is 23.9 Å². The number of aromatic nitrogens is 3. The second kappa shape index (κ2) is 7.13. The molecule has 1 atom stereocenters. The van der Waals surface area contributed by atoms with E-state index in [9.17, 15) is 4.79 Å². The minimum atomic E-state index is -0.410. The number of hydrogen-bond acceptors (Lipinski definition) is 5. The van der Waals surface area contributed by atoms with Gasteiger partial charge in [-0.05, 0) is 19.1 Å².